The Bertz CT molecular complexity index is 278. The van der Waals surface area contributed by atoms with Gasteiger partial charge in [-0.05, 0) is 33.8 Å². The summed E-state index contributed by atoms with van der Waals surface area (Å²) < 4.78 is 5.62. The normalized spacial score (nSPS) is 12.9. The highest BCUT2D eigenvalue weighted by atomic mass is 16.5. The molecule has 0 aromatic carbocycles. The summed E-state index contributed by atoms with van der Waals surface area (Å²) in [4.78, 5) is 0. The van der Waals surface area contributed by atoms with Gasteiger partial charge in [0, 0.05) is 11.8 Å². The van der Waals surface area contributed by atoms with Crippen LogP contribution in [0.15, 0.2) is 12.3 Å². The minimum absolute atomic E-state index is 0.428. The number of aromatic nitrogens is 2. The number of hydrogen-bond donors (Lipinski definition) is 2. The van der Waals surface area contributed by atoms with Crippen molar-refractivity contribution in [1.29, 1.82) is 0 Å². The fraction of sp³-hybridized carbons (Fsp3) is 0.667. The van der Waals surface area contributed by atoms with Crippen LogP contribution in [0.3, 0.4) is 0 Å². The van der Waals surface area contributed by atoms with Crippen molar-refractivity contribution >= 4 is 13.1 Å². The predicted octanol–water partition coefficient (Wildman–Crippen LogP) is -0.0474. The Morgan fingerprint density at radius 1 is 1.43 bits per heavy atom. The first kappa shape index (κ1) is 11.3. The quantitative estimate of drug-likeness (QED) is 0.664. The molecule has 1 rings (SSSR count). The van der Waals surface area contributed by atoms with Gasteiger partial charge in [-0.25, -0.2) is 0 Å². The zero-order chi connectivity index (χ0) is 10.8. The van der Waals surface area contributed by atoms with Crippen LogP contribution in [0.5, 0.6) is 0 Å². The van der Waals surface area contributed by atoms with Crippen molar-refractivity contribution in [1.82, 2.24) is 10.2 Å². The average molecular weight is 196 g/mol. The second kappa shape index (κ2) is 3.75. The predicted molar refractivity (Wildman–Crippen MR) is 56.8 cm³/mol. The molecular formula is C9H17BN2O2. The van der Waals surface area contributed by atoms with Crippen LogP contribution in [-0.2, 0) is 4.65 Å². The van der Waals surface area contributed by atoms with Crippen molar-refractivity contribution in [2.75, 3.05) is 0 Å². The maximum atomic E-state index is 9.82. The lowest BCUT2D eigenvalue weighted by molar-refractivity contribution is -0.0893. The molecule has 2 N–H and O–H groups in total. The van der Waals surface area contributed by atoms with Gasteiger partial charge < -0.3 is 9.76 Å². The van der Waals surface area contributed by atoms with Crippen LogP contribution in [0.1, 0.15) is 27.7 Å². The Balaban J connectivity index is 2.53. The molecule has 0 radical (unpaired) electrons. The Morgan fingerprint density at radius 3 is 2.50 bits per heavy atom. The van der Waals surface area contributed by atoms with E-state index in [4.69, 9.17) is 4.65 Å². The van der Waals surface area contributed by atoms with E-state index in [0.717, 1.165) is 5.59 Å². The number of nitrogens with zero attached hydrogens (tertiary/aromatic N) is 1. The maximum absolute atomic E-state index is 9.82. The molecule has 0 bridgehead atoms. The Hall–Kier alpha value is -0.805. The minimum Gasteiger partial charge on any atom is -0.425 e. The van der Waals surface area contributed by atoms with E-state index in [9.17, 15) is 5.11 Å². The number of rotatable bonds is 4. The van der Waals surface area contributed by atoms with Crippen LogP contribution in [0.2, 0.25) is 0 Å². The van der Waals surface area contributed by atoms with E-state index >= 15 is 0 Å². The van der Waals surface area contributed by atoms with Crippen molar-refractivity contribution in [2.45, 2.75) is 38.9 Å². The van der Waals surface area contributed by atoms with E-state index in [1.165, 1.54) is 0 Å². The Kier molecular flexibility index (Phi) is 3.02. The standard InChI is InChI=1S/C9H17BN2O2/c1-8(2,13)9(3,4)14-10-7-5-6-11-12-7/h5-6,10,13H,1-4H3,(H,11,12). The molecule has 0 spiro atoms. The van der Waals surface area contributed by atoms with Gasteiger partial charge in [-0.1, -0.05) is 0 Å². The van der Waals surface area contributed by atoms with Crippen molar-refractivity contribution < 1.29 is 9.76 Å². The Morgan fingerprint density at radius 2 is 2.07 bits per heavy atom. The topological polar surface area (TPSA) is 58.1 Å². The summed E-state index contributed by atoms with van der Waals surface area (Å²) in [6.07, 6.45) is 1.68. The molecule has 0 saturated heterocycles. The SMILES string of the molecule is CC(C)(O)C(C)(C)OBc1ccn[nH]1. The highest BCUT2D eigenvalue weighted by molar-refractivity contribution is 6.45. The molecule has 0 aliphatic heterocycles. The number of aromatic amines is 1. The molecule has 0 unspecified atom stereocenters. The van der Waals surface area contributed by atoms with Gasteiger partial charge in [-0.2, -0.15) is 5.10 Å². The van der Waals surface area contributed by atoms with E-state index < -0.39 is 11.2 Å². The highest BCUT2D eigenvalue weighted by Gasteiger charge is 2.35. The molecule has 1 aromatic heterocycles. The molecule has 5 heteroatoms. The summed E-state index contributed by atoms with van der Waals surface area (Å²) in [7, 11) is 0.428. The van der Waals surface area contributed by atoms with E-state index in [1.807, 2.05) is 19.9 Å². The van der Waals surface area contributed by atoms with Gasteiger partial charge in [-0.15, -0.1) is 0 Å². The van der Waals surface area contributed by atoms with E-state index in [0.29, 0.717) is 7.48 Å². The van der Waals surface area contributed by atoms with Crippen LogP contribution >= 0.6 is 0 Å². The molecule has 0 amide bonds. The third kappa shape index (κ3) is 2.59. The second-order valence-corrected chi connectivity index (χ2v) is 4.44. The van der Waals surface area contributed by atoms with Gasteiger partial charge >= 0.3 is 7.48 Å². The second-order valence-electron chi connectivity index (χ2n) is 4.44. The van der Waals surface area contributed by atoms with Crippen molar-refractivity contribution in [2.24, 2.45) is 0 Å². The lowest BCUT2D eigenvalue weighted by Gasteiger charge is -2.37. The first-order valence-electron chi connectivity index (χ1n) is 4.67. The molecule has 0 aliphatic carbocycles. The summed E-state index contributed by atoms with van der Waals surface area (Å²) in [6.45, 7) is 7.20. The molecule has 1 aromatic rings. The molecule has 78 valence electrons. The minimum atomic E-state index is -0.868. The van der Waals surface area contributed by atoms with E-state index in [-0.39, 0.29) is 0 Å². The van der Waals surface area contributed by atoms with Gasteiger partial charge in [0.15, 0.2) is 0 Å². The van der Waals surface area contributed by atoms with Crippen molar-refractivity contribution in [3.63, 3.8) is 0 Å². The summed E-state index contributed by atoms with van der Waals surface area (Å²) in [5.74, 6) is 0. The van der Waals surface area contributed by atoms with Crippen LogP contribution in [0.25, 0.3) is 0 Å². The lowest BCUT2D eigenvalue weighted by Crippen LogP contribution is -2.49. The number of nitrogens with one attached hydrogen (secondary N) is 1. The third-order valence-electron chi connectivity index (χ3n) is 2.62. The summed E-state index contributed by atoms with van der Waals surface area (Å²) in [6, 6.07) is 1.85. The van der Waals surface area contributed by atoms with Gasteiger partial charge in [0.25, 0.3) is 0 Å². The fourth-order valence-electron chi connectivity index (χ4n) is 0.800. The van der Waals surface area contributed by atoms with Crippen LogP contribution in [-0.4, -0.2) is 34.0 Å². The molecular weight excluding hydrogens is 179 g/mol. The first-order chi connectivity index (χ1) is 6.33. The number of hydrogen-bond acceptors (Lipinski definition) is 3. The molecule has 0 fully saturated rings. The zero-order valence-corrected chi connectivity index (χ0v) is 9.16. The monoisotopic (exact) mass is 196 g/mol. The summed E-state index contributed by atoms with van der Waals surface area (Å²) >= 11 is 0. The zero-order valence-electron chi connectivity index (χ0n) is 9.16. The largest absolute Gasteiger partial charge is 0.425 e. The molecule has 14 heavy (non-hydrogen) atoms. The van der Waals surface area contributed by atoms with E-state index in [2.05, 4.69) is 10.2 Å². The number of aliphatic hydroxyl groups is 1. The maximum Gasteiger partial charge on any atom is 0.328 e. The smallest absolute Gasteiger partial charge is 0.328 e. The van der Waals surface area contributed by atoms with Crippen molar-refractivity contribution in [3.05, 3.63) is 12.3 Å². The first-order valence-corrected chi connectivity index (χ1v) is 4.67. The molecule has 1 heterocycles. The van der Waals surface area contributed by atoms with Crippen LogP contribution in [0, 0.1) is 0 Å². The molecule has 0 atom stereocenters. The van der Waals surface area contributed by atoms with Gasteiger partial charge in [-0.3, -0.25) is 5.10 Å². The summed E-state index contributed by atoms with van der Waals surface area (Å²) in [5.41, 5.74) is -0.548. The summed E-state index contributed by atoms with van der Waals surface area (Å²) in [5, 5.41) is 16.4. The van der Waals surface area contributed by atoms with Crippen molar-refractivity contribution in [3.8, 4) is 0 Å². The number of H-pyrrole nitrogens is 1. The Labute approximate surface area is 84.9 Å². The molecule has 0 saturated carbocycles. The fourth-order valence-corrected chi connectivity index (χ4v) is 0.800. The van der Waals surface area contributed by atoms with Gasteiger partial charge in [0.1, 0.15) is 0 Å². The third-order valence-corrected chi connectivity index (χ3v) is 2.62. The van der Waals surface area contributed by atoms with Crippen LogP contribution < -0.4 is 5.59 Å². The highest BCUT2D eigenvalue weighted by Crippen LogP contribution is 2.23. The lowest BCUT2D eigenvalue weighted by atomic mass is 9.85. The average Bonchev–Trinajstić information content (AvgIpc) is 2.50. The van der Waals surface area contributed by atoms with Gasteiger partial charge in [0.2, 0.25) is 0 Å². The van der Waals surface area contributed by atoms with Gasteiger partial charge in [0.05, 0.1) is 11.2 Å². The molecule has 0 aliphatic rings. The molecule has 4 nitrogen and oxygen atoms in total. The van der Waals surface area contributed by atoms with E-state index in [1.54, 1.807) is 20.0 Å². The van der Waals surface area contributed by atoms with Crippen LogP contribution in [0.4, 0.5) is 0 Å².